The van der Waals surface area contributed by atoms with Crippen molar-refractivity contribution in [3.8, 4) is 0 Å². The topological polar surface area (TPSA) is 141 Å². The zero-order valence-electron chi connectivity index (χ0n) is 18.5. The Morgan fingerprint density at radius 3 is 1.46 bits per heavy atom. The molecule has 0 aromatic heterocycles. The lowest BCUT2D eigenvalue weighted by atomic mass is 10.0. The molecule has 0 heterocycles. The van der Waals surface area contributed by atoms with Gasteiger partial charge < -0.3 is 28.4 Å². The van der Waals surface area contributed by atoms with Crippen LogP contribution >= 0.6 is 0 Å². The van der Waals surface area contributed by atoms with Gasteiger partial charge in [0.05, 0.1) is 2.74 Å². The lowest BCUT2D eigenvalue weighted by Crippen LogP contribution is -2.53. The number of methoxy groups -OCH3 is 1. The third-order valence-corrected chi connectivity index (χ3v) is 2.96. The molecule has 11 nitrogen and oxygen atoms in total. The van der Waals surface area contributed by atoms with Crippen molar-refractivity contribution in [3.05, 3.63) is 0 Å². The van der Waals surface area contributed by atoms with Gasteiger partial charge in [-0.2, -0.15) is 0 Å². The van der Waals surface area contributed by atoms with Crippen molar-refractivity contribution in [2.75, 3.05) is 20.3 Å². The van der Waals surface area contributed by atoms with Crippen LogP contribution in [0.5, 0.6) is 0 Å². The third kappa shape index (κ3) is 10.5. The van der Waals surface area contributed by atoms with E-state index in [-0.39, 0.29) is 0 Å². The monoisotopic (exact) mass is 408 g/mol. The maximum atomic E-state index is 11.7. The summed E-state index contributed by atoms with van der Waals surface area (Å²) in [6, 6.07) is 0. The molecule has 4 atom stereocenters. The molecule has 0 N–H and O–H groups in total. The molecule has 0 saturated heterocycles. The molecule has 0 aliphatic heterocycles. The maximum absolute atomic E-state index is 11.7. The molecule has 0 saturated carbocycles. The van der Waals surface area contributed by atoms with E-state index in [0.29, 0.717) is 0 Å². The van der Waals surface area contributed by atoms with Crippen molar-refractivity contribution < 1.29 is 55.1 Å². The van der Waals surface area contributed by atoms with Gasteiger partial charge in [0.2, 0.25) is 0 Å². The Hall–Kier alpha value is -2.69. The van der Waals surface area contributed by atoms with E-state index in [0.717, 1.165) is 41.7 Å². The minimum Gasteiger partial charge on any atom is -0.463 e. The largest absolute Gasteiger partial charge is 0.463 e. The lowest BCUT2D eigenvalue weighted by Gasteiger charge is -2.34. The molecule has 0 aromatic carbocycles. The zero-order valence-corrected chi connectivity index (χ0v) is 16.5. The molecule has 0 radical (unpaired) electrons. The first-order valence-electron chi connectivity index (χ1n) is 9.08. The summed E-state index contributed by atoms with van der Waals surface area (Å²) in [7, 11) is 1.16. The van der Waals surface area contributed by atoms with Gasteiger partial charge in [-0.15, -0.1) is 0 Å². The van der Waals surface area contributed by atoms with Gasteiger partial charge in [0.15, 0.2) is 18.3 Å². The standard InChI is InChI=1S/C17H26O11/c1-9(18)24-7-14(23-6)16(27-12(4)21)17(28-13(5)22)15(26-11(3)20)8-25-10(2)19/h14-17H,7-8H2,1-6H3/t14-,15+,16+,17-/m0/s1/i8D2. The van der Waals surface area contributed by atoms with Gasteiger partial charge in [0.1, 0.15) is 19.3 Å². The summed E-state index contributed by atoms with van der Waals surface area (Å²) in [5, 5.41) is 0. The summed E-state index contributed by atoms with van der Waals surface area (Å²) in [6.45, 7) is 1.45. The van der Waals surface area contributed by atoms with Gasteiger partial charge in [-0.05, 0) is 0 Å². The quantitative estimate of drug-likeness (QED) is 0.335. The number of hydrogen-bond acceptors (Lipinski definition) is 11. The van der Waals surface area contributed by atoms with Crippen molar-refractivity contribution in [1.29, 1.82) is 0 Å². The Labute approximate surface area is 165 Å². The van der Waals surface area contributed by atoms with E-state index < -0.39 is 67.4 Å². The highest BCUT2D eigenvalue weighted by molar-refractivity contribution is 5.69. The molecule has 0 bridgehead atoms. The van der Waals surface area contributed by atoms with Gasteiger partial charge in [-0.3, -0.25) is 24.0 Å². The van der Waals surface area contributed by atoms with Gasteiger partial charge in [0, 0.05) is 41.7 Å². The average molecular weight is 408 g/mol. The predicted molar refractivity (Wildman–Crippen MR) is 90.7 cm³/mol. The van der Waals surface area contributed by atoms with Gasteiger partial charge >= 0.3 is 29.8 Å². The summed E-state index contributed by atoms with van der Waals surface area (Å²) in [4.78, 5) is 57.5. The van der Waals surface area contributed by atoms with Crippen LogP contribution in [0.3, 0.4) is 0 Å². The smallest absolute Gasteiger partial charge is 0.303 e. The van der Waals surface area contributed by atoms with E-state index in [1.165, 1.54) is 0 Å². The minimum atomic E-state index is -3.00. The van der Waals surface area contributed by atoms with Crippen LogP contribution in [0.1, 0.15) is 37.4 Å². The minimum absolute atomic E-state index is 0.481. The molecule has 0 aliphatic carbocycles. The molecule has 160 valence electrons. The fourth-order valence-corrected chi connectivity index (χ4v) is 2.01. The van der Waals surface area contributed by atoms with E-state index in [1.54, 1.807) is 0 Å². The van der Waals surface area contributed by atoms with E-state index in [2.05, 4.69) is 4.74 Å². The third-order valence-electron chi connectivity index (χ3n) is 2.96. The highest BCUT2D eigenvalue weighted by Crippen LogP contribution is 2.20. The fourth-order valence-electron chi connectivity index (χ4n) is 2.01. The van der Waals surface area contributed by atoms with Crippen LogP contribution in [0.15, 0.2) is 0 Å². The van der Waals surface area contributed by atoms with Gasteiger partial charge in [-0.1, -0.05) is 0 Å². The second-order valence-electron chi connectivity index (χ2n) is 5.47. The number of carbonyl (C=O) groups is 5. The molecule has 0 amide bonds. The number of ether oxygens (including phenoxy) is 6. The first-order chi connectivity index (χ1) is 13.7. The Morgan fingerprint density at radius 2 is 1.11 bits per heavy atom. The second kappa shape index (κ2) is 12.7. The molecule has 0 aromatic rings. The van der Waals surface area contributed by atoms with Crippen LogP contribution in [0.2, 0.25) is 0 Å². The molecule has 28 heavy (non-hydrogen) atoms. The summed E-state index contributed by atoms with van der Waals surface area (Å²) in [5.41, 5.74) is 0. The summed E-state index contributed by atoms with van der Waals surface area (Å²) in [6.07, 6.45) is -6.80. The Balaban J connectivity index is 6.39. The van der Waals surface area contributed by atoms with Crippen molar-refractivity contribution in [3.63, 3.8) is 0 Å². The van der Waals surface area contributed by atoms with Crippen LogP contribution < -0.4 is 0 Å². The first-order valence-corrected chi connectivity index (χ1v) is 8.08. The first kappa shape index (κ1) is 21.6. The van der Waals surface area contributed by atoms with Gasteiger partial charge in [-0.25, -0.2) is 0 Å². The normalized spacial score (nSPS) is 16.2. The number of hydrogen-bond donors (Lipinski definition) is 0. The Kier molecular flexibility index (Phi) is 9.76. The van der Waals surface area contributed by atoms with Crippen molar-refractivity contribution in [2.24, 2.45) is 0 Å². The molecule has 0 fully saturated rings. The highest BCUT2D eigenvalue weighted by Gasteiger charge is 2.43. The molecule has 0 rings (SSSR count). The Morgan fingerprint density at radius 1 is 0.679 bits per heavy atom. The molecular weight excluding hydrogens is 380 g/mol. The van der Waals surface area contributed by atoms with Crippen LogP contribution in [-0.2, 0) is 52.4 Å². The van der Waals surface area contributed by atoms with E-state index in [1.807, 2.05) is 0 Å². The predicted octanol–water partition coefficient (Wildman–Crippen LogP) is -0.0773. The van der Waals surface area contributed by atoms with Crippen molar-refractivity contribution in [1.82, 2.24) is 0 Å². The molecule has 0 unspecified atom stereocenters. The molecule has 11 heteroatoms. The molecule has 0 spiro atoms. The summed E-state index contributed by atoms with van der Waals surface area (Å²) < 4.78 is 45.8. The SMILES string of the molecule is [2H]C([2H])(OC(C)=O)[C@@H](OC(C)=O)[C@H](OC(C)=O)[C@H](OC(C)=O)[C@H](COC(C)=O)OC. The summed E-state index contributed by atoms with van der Waals surface area (Å²) >= 11 is 0. The van der Waals surface area contributed by atoms with Crippen LogP contribution in [0.4, 0.5) is 0 Å². The zero-order chi connectivity index (χ0) is 23.6. The molecule has 0 aliphatic rings. The Bertz CT molecular complexity index is 650. The van der Waals surface area contributed by atoms with Crippen molar-refractivity contribution in [2.45, 2.75) is 59.0 Å². The van der Waals surface area contributed by atoms with Crippen LogP contribution in [-0.4, -0.2) is 74.5 Å². The van der Waals surface area contributed by atoms with E-state index in [4.69, 9.17) is 26.4 Å². The number of esters is 5. The van der Waals surface area contributed by atoms with Crippen molar-refractivity contribution >= 4 is 29.8 Å². The lowest BCUT2D eigenvalue weighted by molar-refractivity contribution is -0.203. The average Bonchev–Trinajstić information content (AvgIpc) is 2.55. The maximum Gasteiger partial charge on any atom is 0.303 e. The number of carbonyl (C=O) groups excluding carboxylic acids is 5. The second-order valence-corrected chi connectivity index (χ2v) is 5.47. The highest BCUT2D eigenvalue weighted by atomic mass is 16.6. The number of rotatable bonds is 11. The summed E-state index contributed by atoms with van der Waals surface area (Å²) in [5.74, 6) is -4.63. The van der Waals surface area contributed by atoms with Gasteiger partial charge in [0.25, 0.3) is 0 Å². The van der Waals surface area contributed by atoms with E-state index >= 15 is 0 Å². The fraction of sp³-hybridized carbons (Fsp3) is 0.706. The van der Waals surface area contributed by atoms with Crippen LogP contribution in [0.25, 0.3) is 0 Å². The van der Waals surface area contributed by atoms with E-state index in [9.17, 15) is 24.0 Å². The molecular formula is C17H26O11. The van der Waals surface area contributed by atoms with Crippen LogP contribution in [0, 0.1) is 0 Å².